The quantitative estimate of drug-likeness (QED) is 0.469. The van der Waals surface area contributed by atoms with Crippen LogP contribution in [0.2, 0.25) is 0 Å². The summed E-state index contributed by atoms with van der Waals surface area (Å²) in [5.41, 5.74) is 4.17. The largest absolute Gasteiger partial charge is 0.325 e. The van der Waals surface area contributed by atoms with Gasteiger partial charge in [0.25, 0.3) is 0 Å². The summed E-state index contributed by atoms with van der Waals surface area (Å²) in [7, 11) is 0. The first-order valence-corrected chi connectivity index (χ1v) is 11.5. The van der Waals surface area contributed by atoms with Crippen molar-refractivity contribution in [3.63, 3.8) is 0 Å². The van der Waals surface area contributed by atoms with Crippen molar-refractivity contribution in [2.24, 2.45) is 0 Å². The molecule has 3 rings (SSSR count). The third-order valence-electron chi connectivity index (χ3n) is 5.86. The van der Waals surface area contributed by atoms with Gasteiger partial charge in [-0.25, -0.2) is 4.39 Å². The van der Waals surface area contributed by atoms with E-state index in [2.05, 4.69) is 16.7 Å². The highest BCUT2D eigenvalue weighted by atomic mass is 19.1. The van der Waals surface area contributed by atoms with Crippen LogP contribution in [-0.2, 0) is 9.59 Å². The number of carbonyl (C=O) groups excluding carboxylic acids is 2. The predicted molar refractivity (Wildman–Crippen MR) is 135 cm³/mol. The van der Waals surface area contributed by atoms with Gasteiger partial charge < -0.3 is 10.6 Å². The first-order chi connectivity index (χ1) is 16.7. The fourth-order valence-electron chi connectivity index (χ4n) is 3.98. The topological polar surface area (TPSA) is 90.2 Å². The Balaban J connectivity index is 1.78. The van der Waals surface area contributed by atoms with Crippen LogP contribution in [0.15, 0.2) is 48.5 Å². The Bertz CT molecular complexity index is 1260. The minimum absolute atomic E-state index is 0.0212. The highest BCUT2D eigenvalue weighted by molar-refractivity contribution is 5.95. The normalized spacial score (nSPS) is 10.8. The maximum Gasteiger partial charge on any atom is 0.239 e. The average Bonchev–Trinajstić information content (AvgIpc) is 3.05. The molecule has 1 heterocycles. The number of aromatic nitrogens is 1. The van der Waals surface area contributed by atoms with Gasteiger partial charge in [0.15, 0.2) is 0 Å². The van der Waals surface area contributed by atoms with Crippen LogP contribution in [-0.4, -0.2) is 40.9 Å². The first kappa shape index (κ1) is 25.7. The molecule has 1 aromatic heterocycles. The Labute approximate surface area is 205 Å². The van der Waals surface area contributed by atoms with Crippen molar-refractivity contribution in [3.05, 3.63) is 76.7 Å². The van der Waals surface area contributed by atoms with Crippen molar-refractivity contribution in [2.75, 3.05) is 30.3 Å². The van der Waals surface area contributed by atoms with Gasteiger partial charge in [-0.2, -0.15) is 5.26 Å². The highest BCUT2D eigenvalue weighted by Gasteiger charge is 2.22. The van der Waals surface area contributed by atoms with Gasteiger partial charge in [0, 0.05) is 17.1 Å². The van der Waals surface area contributed by atoms with Gasteiger partial charge in [0.2, 0.25) is 11.8 Å². The number of benzene rings is 2. The second-order valence-corrected chi connectivity index (χ2v) is 8.48. The smallest absolute Gasteiger partial charge is 0.239 e. The molecule has 182 valence electrons. The van der Waals surface area contributed by atoms with Crippen LogP contribution in [0.5, 0.6) is 0 Å². The molecule has 8 heteroatoms. The number of para-hydroxylation sites is 1. The number of anilines is 2. The molecule has 0 aliphatic heterocycles. The van der Waals surface area contributed by atoms with E-state index < -0.39 is 0 Å². The number of amides is 2. The van der Waals surface area contributed by atoms with Crippen LogP contribution in [0, 0.1) is 37.9 Å². The van der Waals surface area contributed by atoms with Crippen LogP contribution >= 0.6 is 0 Å². The Hall–Kier alpha value is -3.96. The molecule has 0 aliphatic rings. The minimum Gasteiger partial charge on any atom is -0.325 e. The molecule has 2 N–H and O–H groups in total. The molecule has 0 radical (unpaired) electrons. The standard InChI is InChI=1S/C27H30FN5O2/c1-5-14-32(16-25(34)30-24-9-7-6-8-18(24)2)17-26(35)31-27-23(15-29)19(3)20(4)33(27)22-12-10-21(28)11-13-22/h6-13H,5,14,16-17H2,1-4H3,(H,30,34)(H,31,35). The molecule has 2 amide bonds. The number of hydrogen-bond donors (Lipinski definition) is 2. The predicted octanol–water partition coefficient (Wildman–Crippen LogP) is 4.70. The second-order valence-electron chi connectivity index (χ2n) is 8.48. The van der Waals surface area contributed by atoms with E-state index in [0.29, 0.717) is 23.6 Å². The molecule has 0 spiro atoms. The molecule has 0 aliphatic carbocycles. The van der Waals surface area contributed by atoms with Gasteiger partial charge in [-0.05, 0) is 75.2 Å². The molecule has 3 aromatic rings. The number of nitrogens with zero attached hydrogens (tertiary/aromatic N) is 3. The number of nitrogens with one attached hydrogen (secondary N) is 2. The molecule has 0 saturated heterocycles. The van der Waals surface area contributed by atoms with E-state index >= 15 is 0 Å². The zero-order chi connectivity index (χ0) is 25.5. The monoisotopic (exact) mass is 475 g/mol. The lowest BCUT2D eigenvalue weighted by Gasteiger charge is -2.21. The summed E-state index contributed by atoms with van der Waals surface area (Å²) in [5.74, 6) is -0.598. The van der Waals surface area contributed by atoms with Crippen molar-refractivity contribution in [2.45, 2.75) is 34.1 Å². The maximum atomic E-state index is 13.5. The van der Waals surface area contributed by atoms with Crippen LogP contribution in [0.3, 0.4) is 0 Å². The zero-order valence-corrected chi connectivity index (χ0v) is 20.5. The van der Waals surface area contributed by atoms with Gasteiger partial charge >= 0.3 is 0 Å². The van der Waals surface area contributed by atoms with Crippen LogP contribution in [0.25, 0.3) is 5.69 Å². The minimum atomic E-state index is -0.374. The van der Waals surface area contributed by atoms with E-state index in [1.54, 1.807) is 21.6 Å². The lowest BCUT2D eigenvalue weighted by atomic mass is 10.2. The molecule has 35 heavy (non-hydrogen) atoms. The van der Waals surface area contributed by atoms with Crippen LogP contribution < -0.4 is 10.6 Å². The Morgan fingerprint density at radius 2 is 1.63 bits per heavy atom. The molecule has 0 fully saturated rings. The van der Waals surface area contributed by atoms with Gasteiger partial charge in [-0.3, -0.25) is 19.1 Å². The SMILES string of the molecule is CCCN(CC(=O)Nc1ccccc1C)CC(=O)Nc1c(C#N)c(C)c(C)n1-c1ccc(F)cc1. The molecular formula is C27H30FN5O2. The molecule has 0 bridgehead atoms. The highest BCUT2D eigenvalue weighted by Crippen LogP contribution is 2.30. The Kier molecular flexibility index (Phi) is 8.39. The number of nitriles is 1. The fraction of sp³-hybridized carbons (Fsp3) is 0.296. The number of aryl methyl sites for hydroxylation is 1. The van der Waals surface area contributed by atoms with Crippen LogP contribution in [0.4, 0.5) is 15.9 Å². The summed E-state index contributed by atoms with van der Waals surface area (Å²) in [4.78, 5) is 27.5. The third kappa shape index (κ3) is 6.14. The number of carbonyl (C=O) groups is 2. The lowest BCUT2D eigenvalue weighted by molar-refractivity contribution is -0.120. The van der Waals surface area contributed by atoms with Gasteiger partial charge in [0.1, 0.15) is 17.7 Å². The average molecular weight is 476 g/mol. The number of rotatable bonds is 9. The second kappa shape index (κ2) is 11.4. The van der Waals surface area contributed by atoms with Gasteiger partial charge in [-0.15, -0.1) is 0 Å². The van der Waals surface area contributed by atoms with Gasteiger partial charge in [-0.1, -0.05) is 25.1 Å². The molecule has 0 unspecified atom stereocenters. The summed E-state index contributed by atoms with van der Waals surface area (Å²) in [6.07, 6.45) is 0.762. The van der Waals surface area contributed by atoms with E-state index in [-0.39, 0.29) is 30.7 Å². The van der Waals surface area contributed by atoms with Crippen molar-refractivity contribution in [3.8, 4) is 11.8 Å². The molecule has 0 atom stereocenters. The summed E-state index contributed by atoms with van der Waals surface area (Å²) in [6.45, 7) is 8.13. The van der Waals surface area contributed by atoms with E-state index in [0.717, 1.165) is 28.9 Å². The third-order valence-corrected chi connectivity index (χ3v) is 5.86. The zero-order valence-electron chi connectivity index (χ0n) is 20.5. The van der Waals surface area contributed by atoms with E-state index in [9.17, 15) is 19.2 Å². The fourth-order valence-corrected chi connectivity index (χ4v) is 3.98. The van der Waals surface area contributed by atoms with Crippen LogP contribution in [0.1, 0.15) is 35.7 Å². The van der Waals surface area contributed by atoms with Crippen molar-refractivity contribution < 1.29 is 14.0 Å². The Morgan fingerprint density at radius 1 is 1.00 bits per heavy atom. The molecule has 7 nitrogen and oxygen atoms in total. The summed E-state index contributed by atoms with van der Waals surface area (Å²) in [6, 6.07) is 15.5. The van der Waals surface area contributed by atoms with E-state index in [1.807, 2.05) is 52.0 Å². The summed E-state index contributed by atoms with van der Waals surface area (Å²) < 4.78 is 15.2. The van der Waals surface area contributed by atoms with Crippen molar-refractivity contribution in [1.29, 1.82) is 5.26 Å². The van der Waals surface area contributed by atoms with E-state index in [4.69, 9.17) is 0 Å². The summed E-state index contributed by atoms with van der Waals surface area (Å²) in [5, 5.41) is 15.5. The van der Waals surface area contributed by atoms with Crippen molar-refractivity contribution >= 4 is 23.3 Å². The molecule has 2 aromatic carbocycles. The Morgan fingerprint density at radius 3 is 2.23 bits per heavy atom. The lowest BCUT2D eigenvalue weighted by Crippen LogP contribution is -2.39. The maximum absolute atomic E-state index is 13.5. The number of hydrogen-bond acceptors (Lipinski definition) is 4. The van der Waals surface area contributed by atoms with Gasteiger partial charge in [0.05, 0.1) is 18.7 Å². The first-order valence-electron chi connectivity index (χ1n) is 11.5. The van der Waals surface area contributed by atoms with E-state index in [1.165, 1.54) is 12.1 Å². The summed E-state index contributed by atoms with van der Waals surface area (Å²) >= 11 is 0. The molecule has 0 saturated carbocycles. The molecular weight excluding hydrogens is 445 g/mol. The van der Waals surface area contributed by atoms with Crippen molar-refractivity contribution in [1.82, 2.24) is 9.47 Å². The number of halogens is 1.